The van der Waals surface area contributed by atoms with Crippen molar-refractivity contribution in [2.75, 3.05) is 13.2 Å². The lowest BCUT2D eigenvalue weighted by atomic mass is 10.1. The molecule has 4 nitrogen and oxygen atoms in total. The highest BCUT2D eigenvalue weighted by molar-refractivity contribution is 5.98. The summed E-state index contributed by atoms with van der Waals surface area (Å²) in [6.45, 7) is 0.545. The van der Waals surface area contributed by atoms with E-state index in [0.29, 0.717) is 5.69 Å². The van der Waals surface area contributed by atoms with Gasteiger partial charge < -0.3 is 15.0 Å². The fraction of sp³-hybridized carbons (Fsp3) is 0.0870. The first-order valence-electron chi connectivity index (χ1n) is 8.73. The van der Waals surface area contributed by atoms with Crippen molar-refractivity contribution in [3.8, 4) is 17.6 Å². The highest BCUT2D eigenvalue weighted by Gasteiger charge is 2.07. The van der Waals surface area contributed by atoms with E-state index in [2.05, 4.69) is 22.1 Å². The summed E-state index contributed by atoms with van der Waals surface area (Å²) in [6, 6.07) is 23.6. The van der Waals surface area contributed by atoms with Gasteiger partial charge in [-0.15, -0.1) is 0 Å². The Kier molecular flexibility index (Phi) is 4.76. The number of para-hydroxylation sites is 1. The summed E-state index contributed by atoms with van der Waals surface area (Å²) in [6.07, 6.45) is 0. The largest absolute Gasteiger partial charge is 0.480 e. The second kappa shape index (κ2) is 7.67. The van der Waals surface area contributed by atoms with Crippen LogP contribution in [0, 0.1) is 11.8 Å². The van der Waals surface area contributed by atoms with Gasteiger partial charge in [0.05, 0.1) is 6.54 Å². The average molecular weight is 354 g/mol. The van der Waals surface area contributed by atoms with Gasteiger partial charge in [0.1, 0.15) is 18.1 Å². The quantitative estimate of drug-likeness (QED) is 0.541. The highest BCUT2D eigenvalue weighted by atomic mass is 16.5. The molecule has 4 rings (SSSR count). The van der Waals surface area contributed by atoms with E-state index in [1.165, 1.54) is 0 Å². The smallest absolute Gasteiger partial charge is 0.268 e. The predicted octanol–water partition coefficient (Wildman–Crippen LogP) is 4.13. The molecular weight excluding hydrogens is 336 g/mol. The normalized spacial score (nSPS) is 10.4. The molecule has 4 heteroatoms. The summed E-state index contributed by atoms with van der Waals surface area (Å²) < 4.78 is 5.76. The third-order valence-electron chi connectivity index (χ3n) is 4.29. The number of carbonyl (C=O) groups is 1. The zero-order chi connectivity index (χ0) is 18.5. The van der Waals surface area contributed by atoms with E-state index >= 15 is 0 Å². The third kappa shape index (κ3) is 3.78. The van der Waals surface area contributed by atoms with E-state index in [0.717, 1.165) is 27.4 Å². The Morgan fingerprint density at radius 2 is 1.70 bits per heavy atom. The van der Waals surface area contributed by atoms with Crippen molar-refractivity contribution >= 4 is 27.6 Å². The first kappa shape index (κ1) is 16.7. The van der Waals surface area contributed by atoms with Gasteiger partial charge in [-0.1, -0.05) is 66.4 Å². The number of H-pyrrole nitrogens is 1. The average Bonchev–Trinajstić information content (AvgIpc) is 3.15. The molecule has 0 fully saturated rings. The van der Waals surface area contributed by atoms with Crippen LogP contribution in [-0.2, 0) is 0 Å². The topological polar surface area (TPSA) is 54.1 Å². The number of aromatic amines is 1. The fourth-order valence-electron chi connectivity index (χ4n) is 2.96. The number of hydrogen-bond acceptors (Lipinski definition) is 2. The molecule has 4 aromatic rings. The SMILES string of the molecule is O=C(NCC#CCOc1cccc2ccccc12)c1cc2ccccc2[nH]1. The first-order valence-corrected chi connectivity index (χ1v) is 8.73. The summed E-state index contributed by atoms with van der Waals surface area (Å²) >= 11 is 0. The molecule has 0 unspecified atom stereocenters. The van der Waals surface area contributed by atoms with E-state index in [1.54, 1.807) is 0 Å². The van der Waals surface area contributed by atoms with Crippen LogP contribution >= 0.6 is 0 Å². The van der Waals surface area contributed by atoms with Crippen LogP contribution in [0.1, 0.15) is 10.5 Å². The van der Waals surface area contributed by atoms with Crippen molar-refractivity contribution < 1.29 is 9.53 Å². The number of fused-ring (bicyclic) bond motifs is 2. The van der Waals surface area contributed by atoms with Crippen LogP contribution in [0.3, 0.4) is 0 Å². The van der Waals surface area contributed by atoms with Gasteiger partial charge in [-0.25, -0.2) is 0 Å². The Bertz CT molecular complexity index is 1130. The molecule has 132 valence electrons. The van der Waals surface area contributed by atoms with Crippen molar-refractivity contribution in [1.29, 1.82) is 0 Å². The van der Waals surface area contributed by atoms with Gasteiger partial charge >= 0.3 is 0 Å². The third-order valence-corrected chi connectivity index (χ3v) is 4.29. The van der Waals surface area contributed by atoms with Crippen LogP contribution < -0.4 is 10.1 Å². The Morgan fingerprint density at radius 1 is 0.926 bits per heavy atom. The number of aromatic nitrogens is 1. The maximum absolute atomic E-state index is 12.2. The van der Waals surface area contributed by atoms with Crippen molar-refractivity contribution in [2.45, 2.75) is 0 Å². The predicted molar refractivity (Wildman–Crippen MR) is 108 cm³/mol. The van der Waals surface area contributed by atoms with Crippen LogP contribution in [0.4, 0.5) is 0 Å². The Morgan fingerprint density at radius 3 is 2.59 bits per heavy atom. The summed E-state index contributed by atoms with van der Waals surface area (Å²) in [5, 5.41) is 6.00. The minimum absolute atomic E-state index is 0.171. The van der Waals surface area contributed by atoms with Crippen LogP contribution in [0.25, 0.3) is 21.7 Å². The lowest BCUT2D eigenvalue weighted by Crippen LogP contribution is -2.23. The van der Waals surface area contributed by atoms with Gasteiger partial charge in [0.25, 0.3) is 5.91 Å². The van der Waals surface area contributed by atoms with Crippen molar-refractivity contribution in [3.63, 3.8) is 0 Å². The number of ether oxygens (including phenoxy) is 1. The molecule has 0 radical (unpaired) electrons. The Hall–Kier alpha value is -3.71. The summed E-state index contributed by atoms with van der Waals surface area (Å²) in [5.74, 6) is 6.49. The van der Waals surface area contributed by atoms with Crippen molar-refractivity contribution in [1.82, 2.24) is 10.3 Å². The van der Waals surface area contributed by atoms with Gasteiger partial charge in [0, 0.05) is 16.3 Å². The minimum atomic E-state index is -0.171. The molecule has 2 N–H and O–H groups in total. The molecule has 0 spiro atoms. The van der Waals surface area contributed by atoms with Crippen LogP contribution in [0.5, 0.6) is 5.75 Å². The molecule has 0 atom stereocenters. The molecule has 0 bridgehead atoms. The summed E-state index contributed by atoms with van der Waals surface area (Å²) in [4.78, 5) is 15.3. The number of benzene rings is 3. The molecule has 0 aliphatic carbocycles. The molecule has 0 aliphatic rings. The van der Waals surface area contributed by atoms with Crippen molar-refractivity contribution in [2.24, 2.45) is 0 Å². The monoisotopic (exact) mass is 354 g/mol. The molecule has 1 amide bonds. The van der Waals surface area contributed by atoms with E-state index in [1.807, 2.05) is 72.8 Å². The molecule has 1 heterocycles. The number of nitrogens with one attached hydrogen (secondary N) is 2. The zero-order valence-electron chi connectivity index (χ0n) is 14.7. The minimum Gasteiger partial charge on any atom is -0.480 e. The molecule has 0 aliphatic heterocycles. The fourth-order valence-corrected chi connectivity index (χ4v) is 2.96. The maximum atomic E-state index is 12.2. The van der Waals surface area contributed by atoms with Gasteiger partial charge in [-0.05, 0) is 23.6 Å². The second-order valence-corrected chi connectivity index (χ2v) is 6.07. The van der Waals surface area contributed by atoms with E-state index < -0.39 is 0 Å². The Balaban J connectivity index is 1.31. The number of hydrogen-bond donors (Lipinski definition) is 2. The maximum Gasteiger partial charge on any atom is 0.268 e. The second-order valence-electron chi connectivity index (χ2n) is 6.07. The number of amides is 1. The van der Waals surface area contributed by atoms with Crippen LogP contribution in [-0.4, -0.2) is 24.0 Å². The molecule has 1 aromatic heterocycles. The van der Waals surface area contributed by atoms with Crippen LogP contribution in [0.2, 0.25) is 0 Å². The number of rotatable bonds is 4. The van der Waals surface area contributed by atoms with Crippen molar-refractivity contribution in [3.05, 3.63) is 78.5 Å². The van der Waals surface area contributed by atoms with Gasteiger partial charge in [0.15, 0.2) is 0 Å². The highest BCUT2D eigenvalue weighted by Crippen LogP contribution is 2.24. The Labute approximate surface area is 157 Å². The molecular formula is C23H18N2O2. The standard InChI is InChI=1S/C23H18N2O2/c26-23(21-16-18-9-2-4-12-20(18)25-21)24-14-5-6-15-27-22-13-7-10-17-8-1-3-11-19(17)22/h1-4,7-13,16,25H,14-15H2,(H,24,26). The van der Waals surface area contributed by atoms with E-state index in [9.17, 15) is 4.79 Å². The number of carbonyl (C=O) groups excluding carboxylic acids is 1. The lowest BCUT2D eigenvalue weighted by Gasteiger charge is -2.06. The summed E-state index contributed by atoms with van der Waals surface area (Å²) in [5.41, 5.74) is 1.47. The van der Waals surface area contributed by atoms with E-state index in [4.69, 9.17) is 4.74 Å². The molecule has 27 heavy (non-hydrogen) atoms. The molecule has 0 saturated heterocycles. The van der Waals surface area contributed by atoms with Crippen LogP contribution in [0.15, 0.2) is 72.8 Å². The lowest BCUT2D eigenvalue weighted by molar-refractivity contribution is 0.0954. The van der Waals surface area contributed by atoms with Gasteiger partial charge in [-0.2, -0.15) is 0 Å². The first-order chi connectivity index (χ1) is 13.3. The van der Waals surface area contributed by atoms with E-state index in [-0.39, 0.29) is 19.1 Å². The molecule has 0 saturated carbocycles. The summed E-state index contributed by atoms with van der Waals surface area (Å²) in [7, 11) is 0. The zero-order valence-corrected chi connectivity index (χ0v) is 14.7. The van der Waals surface area contributed by atoms with Gasteiger partial charge in [0.2, 0.25) is 0 Å². The van der Waals surface area contributed by atoms with Gasteiger partial charge in [-0.3, -0.25) is 4.79 Å². The molecule has 3 aromatic carbocycles.